The standard InChI is InChI=1S/C52H84O16/c1-46(2)21-23-52(45(54)59-14)24-22-50(8)30(31(52)25-46)15-16-34-49(7)19-18-35(47(3,4)33(49)17-20-51(34,50)9)64-44-41(63-29-57-12)38(37(61-27-55-10)39(66-44)42(53)58-13)65-43-40(62-28-56-11)36-32(26-60-43)67-48(5,6)68-36/h15,31-41,43-44H,16-29H2,1-14H3/t31-,32-,33?,34+,35-,36-,37-,38-,39-,40+,41+,43-,44+,49-,50+,51+,52-/m0/s1. The SMILES string of the molecule is COCO[C@H]1[C@H](O[C@H]2CC[C@@]3(C)C(CC[C@]4(C)[C@@H]3CC=C3[C@@H]5CC(C)(C)CC[C@]5(C(=O)OC)CC[C@]34C)C2(C)C)O[C@H](C(=O)OC)[C@@H](OCOC)[C@@H]1O[C@@H]1OC[C@@H]2OC(C)(C)O[C@@H]2[C@H]1OCOC. The third-order valence-corrected chi connectivity index (χ3v) is 19.1. The summed E-state index contributed by atoms with van der Waals surface area (Å²) in [4.78, 5) is 27.6. The van der Waals surface area contributed by atoms with Crippen LogP contribution in [0.25, 0.3) is 0 Å². The van der Waals surface area contributed by atoms with Gasteiger partial charge in [0.2, 0.25) is 0 Å². The van der Waals surface area contributed by atoms with E-state index in [0.717, 1.165) is 64.2 Å². The molecule has 388 valence electrons. The number of allylic oxidation sites excluding steroid dienone is 2. The van der Waals surface area contributed by atoms with E-state index in [4.69, 9.17) is 66.3 Å². The third kappa shape index (κ3) is 8.85. The fraction of sp³-hybridized carbons (Fsp3) is 0.923. The van der Waals surface area contributed by atoms with Gasteiger partial charge in [0, 0.05) is 21.3 Å². The Bertz CT molecular complexity index is 1840. The van der Waals surface area contributed by atoms with Crippen LogP contribution in [-0.2, 0) is 75.9 Å². The van der Waals surface area contributed by atoms with Gasteiger partial charge in [0.25, 0.3) is 0 Å². The van der Waals surface area contributed by atoms with Crippen LogP contribution in [0.3, 0.4) is 0 Å². The van der Waals surface area contributed by atoms with Gasteiger partial charge >= 0.3 is 11.9 Å². The van der Waals surface area contributed by atoms with E-state index in [2.05, 4.69) is 54.5 Å². The maximum absolute atomic E-state index is 13.8. The molecule has 7 fully saturated rings. The van der Waals surface area contributed by atoms with Gasteiger partial charge in [0.1, 0.15) is 57.0 Å². The van der Waals surface area contributed by atoms with Crippen molar-refractivity contribution in [2.45, 2.75) is 194 Å². The molecule has 0 aromatic heterocycles. The Labute approximate surface area is 405 Å². The van der Waals surface area contributed by atoms with Crippen molar-refractivity contribution in [1.29, 1.82) is 0 Å². The van der Waals surface area contributed by atoms with Crippen molar-refractivity contribution in [3.63, 3.8) is 0 Å². The van der Waals surface area contributed by atoms with E-state index in [1.54, 1.807) is 7.11 Å². The van der Waals surface area contributed by atoms with Crippen LogP contribution in [0, 0.1) is 50.2 Å². The van der Waals surface area contributed by atoms with Crippen molar-refractivity contribution in [3.05, 3.63) is 11.6 Å². The van der Waals surface area contributed by atoms with Gasteiger partial charge in [-0.1, -0.05) is 60.1 Å². The number of hydrogen-bond acceptors (Lipinski definition) is 16. The molecule has 8 aliphatic rings. The van der Waals surface area contributed by atoms with Crippen molar-refractivity contribution in [3.8, 4) is 0 Å². The quantitative estimate of drug-likeness (QED) is 0.0687. The van der Waals surface area contributed by atoms with Crippen LogP contribution in [0.15, 0.2) is 11.6 Å². The van der Waals surface area contributed by atoms with Crippen LogP contribution >= 0.6 is 0 Å². The van der Waals surface area contributed by atoms with Gasteiger partial charge in [-0.2, -0.15) is 0 Å². The zero-order valence-electron chi connectivity index (χ0n) is 43.5. The van der Waals surface area contributed by atoms with Gasteiger partial charge in [-0.05, 0) is 123 Å². The molecule has 4 saturated carbocycles. The van der Waals surface area contributed by atoms with Gasteiger partial charge in [0.05, 0.1) is 32.3 Å². The molecule has 0 N–H and O–H groups in total. The van der Waals surface area contributed by atoms with Crippen molar-refractivity contribution >= 4 is 11.9 Å². The van der Waals surface area contributed by atoms with E-state index in [0.29, 0.717) is 11.8 Å². The van der Waals surface area contributed by atoms with Crippen LogP contribution in [0.2, 0.25) is 0 Å². The topological polar surface area (TPSA) is 163 Å². The second-order valence-electron chi connectivity index (χ2n) is 23.9. The summed E-state index contributed by atoms with van der Waals surface area (Å²) in [5, 5.41) is 0. The van der Waals surface area contributed by atoms with Crippen LogP contribution in [0.5, 0.6) is 0 Å². The highest BCUT2D eigenvalue weighted by molar-refractivity contribution is 5.78. The number of carbonyl (C=O) groups excluding carboxylic acids is 2. The molecule has 68 heavy (non-hydrogen) atoms. The Morgan fingerprint density at radius 3 is 2.00 bits per heavy atom. The number of methoxy groups -OCH3 is 5. The number of hydrogen-bond donors (Lipinski definition) is 0. The number of fused-ring (bicyclic) bond motifs is 8. The molecule has 0 bridgehead atoms. The number of esters is 2. The first kappa shape index (κ1) is 52.5. The molecule has 16 heteroatoms. The summed E-state index contributed by atoms with van der Waals surface area (Å²) in [7, 11) is 7.44. The predicted octanol–water partition coefficient (Wildman–Crippen LogP) is 7.47. The fourth-order valence-corrected chi connectivity index (χ4v) is 15.5. The van der Waals surface area contributed by atoms with Gasteiger partial charge in [0.15, 0.2) is 24.5 Å². The molecule has 17 atom stereocenters. The summed E-state index contributed by atoms with van der Waals surface area (Å²) in [6.45, 7) is 20.5. The number of rotatable bonds is 15. The summed E-state index contributed by atoms with van der Waals surface area (Å²) < 4.78 is 85.8. The highest BCUT2D eigenvalue weighted by Gasteiger charge is 2.70. The van der Waals surface area contributed by atoms with Crippen molar-refractivity contribution in [2.75, 3.05) is 62.5 Å². The van der Waals surface area contributed by atoms with Crippen LogP contribution < -0.4 is 0 Å². The van der Waals surface area contributed by atoms with Gasteiger partial charge in [-0.15, -0.1) is 0 Å². The summed E-state index contributed by atoms with van der Waals surface area (Å²) >= 11 is 0. The second kappa shape index (κ2) is 19.6. The predicted molar refractivity (Wildman–Crippen MR) is 245 cm³/mol. The molecule has 0 aromatic carbocycles. The molecule has 3 aliphatic heterocycles. The fourth-order valence-electron chi connectivity index (χ4n) is 15.5. The zero-order chi connectivity index (χ0) is 49.2. The molecule has 16 nitrogen and oxygen atoms in total. The minimum absolute atomic E-state index is 0.00321. The Hall–Kier alpha value is -1.80. The number of carbonyl (C=O) groups is 2. The summed E-state index contributed by atoms with van der Waals surface area (Å²) in [6.07, 6.45) is 3.46. The molecule has 5 aliphatic carbocycles. The Kier molecular flexibility index (Phi) is 15.1. The first-order valence-corrected chi connectivity index (χ1v) is 25.2. The average molecular weight is 965 g/mol. The van der Waals surface area contributed by atoms with Gasteiger partial charge < -0.3 is 66.3 Å². The third-order valence-electron chi connectivity index (χ3n) is 19.1. The summed E-state index contributed by atoms with van der Waals surface area (Å²) in [5.41, 5.74) is 0.893. The molecular weight excluding hydrogens is 881 g/mol. The lowest BCUT2D eigenvalue weighted by Crippen LogP contribution is -2.67. The van der Waals surface area contributed by atoms with Crippen molar-refractivity contribution in [1.82, 2.24) is 0 Å². The molecule has 3 heterocycles. The van der Waals surface area contributed by atoms with Crippen molar-refractivity contribution in [2.24, 2.45) is 50.2 Å². The molecule has 0 amide bonds. The maximum Gasteiger partial charge on any atom is 0.337 e. The molecular formula is C52H84O16. The Morgan fingerprint density at radius 1 is 0.676 bits per heavy atom. The van der Waals surface area contributed by atoms with Crippen LogP contribution in [0.1, 0.15) is 127 Å². The first-order valence-electron chi connectivity index (χ1n) is 25.2. The smallest absolute Gasteiger partial charge is 0.337 e. The molecule has 1 unspecified atom stereocenters. The second-order valence-corrected chi connectivity index (χ2v) is 23.9. The highest BCUT2D eigenvalue weighted by Crippen LogP contribution is 2.76. The lowest BCUT2D eigenvalue weighted by atomic mass is 9.33. The highest BCUT2D eigenvalue weighted by atomic mass is 16.8. The summed E-state index contributed by atoms with van der Waals surface area (Å²) in [5.74, 6) is -0.660. The Balaban J connectivity index is 1.09. The van der Waals surface area contributed by atoms with E-state index in [-0.39, 0.29) is 72.1 Å². The largest absolute Gasteiger partial charge is 0.469 e. The molecule has 3 saturated heterocycles. The Morgan fingerprint density at radius 2 is 1.34 bits per heavy atom. The van der Waals surface area contributed by atoms with Gasteiger partial charge in [-0.25, -0.2) is 4.79 Å². The molecule has 0 spiro atoms. The van der Waals surface area contributed by atoms with E-state index < -0.39 is 72.5 Å². The van der Waals surface area contributed by atoms with E-state index in [9.17, 15) is 9.59 Å². The zero-order valence-corrected chi connectivity index (χ0v) is 43.5. The molecule has 8 rings (SSSR count). The minimum atomic E-state index is -1.30. The van der Waals surface area contributed by atoms with E-state index in [1.807, 2.05) is 13.8 Å². The van der Waals surface area contributed by atoms with Gasteiger partial charge in [-0.3, -0.25) is 4.79 Å². The lowest BCUT2D eigenvalue weighted by molar-refractivity contribution is -0.374. The molecule has 0 aromatic rings. The van der Waals surface area contributed by atoms with Crippen LogP contribution in [-0.4, -0.2) is 142 Å². The van der Waals surface area contributed by atoms with E-state index >= 15 is 0 Å². The van der Waals surface area contributed by atoms with Crippen LogP contribution in [0.4, 0.5) is 0 Å². The minimum Gasteiger partial charge on any atom is -0.469 e. The summed E-state index contributed by atoms with van der Waals surface area (Å²) in [6, 6.07) is 0. The number of ether oxygens (including phenoxy) is 14. The average Bonchev–Trinajstić information content (AvgIpc) is 3.62. The molecule has 0 radical (unpaired) electrons. The van der Waals surface area contributed by atoms with Crippen molar-refractivity contribution < 1.29 is 75.9 Å². The monoisotopic (exact) mass is 965 g/mol. The lowest BCUT2D eigenvalue weighted by Gasteiger charge is -2.71. The first-order chi connectivity index (χ1) is 32.1. The van der Waals surface area contributed by atoms with E-state index in [1.165, 1.54) is 34.0 Å². The normalized spacial score (nSPS) is 45.6. The maximum atomic E-state index is 13.8.